The Balaban J connectivity index is 1.68. The van der Waals surface area contributed by atoms with Crippen LogP contribution in [-0.4, -0.2) is 22.1 Å². The molecule has 0 aliphatic heterocycles. The van der Waals surface area contributed by atoms with Crippen molar-refractivity contribution >= 4 is 43.7 Å². The van der Waals surface area contributed by atoms with E-state index in [0.29, 0.717) is 5.52 Å². The van der Waals surface area contributed by atoms with Crippen LogP contribution in [0.5, 0.6) is 0 Å². The molecular weight excluding hydrogens is 356 g/mol. The number of rotatable bonds is 4. The number of sulfonamides is 1. The zero-order valence-electron chi connectivity index (χ0n) is 13.3. The van der Waals surface area contributed by atoms with E-state index in [1.807, 2.05) is 37.3 Å². The summed E-state index contributed by atoms with van der Waals surface area (Å²) < 4.78 is 36.6. The van der Waals surface area contributed by atoms with Gasteiger partial charge >= 0.3 is 0 Å². The number of aromatic nitrogens is 3. The topological polar surface area (TPSA) is 84.8 Å². The molecular formula is C17H14N4O2S2. The monoisotopic (exact) mass is 370 g/mol. The Hall–Kier alpha value is -2.42. The average Bonchev–Trinajstić information content (AvgIpc) is 3.07. The fraction of sp³-hybridized carbons (Fsp3) is 0.118. The Bertz CT molecular complexity index is 1190. The minimum Gasteiger partial charge on any atom is -0.255 e. The van der Waals surface area contributed by atoms with Gasteiger partial charge in [-0.05, 0) is 48.4 Å². The highest BCUT2D eigenvalue weighted by Gasteiger charge is 2.19. The van der Waals surface area contributed by atoms with Gasteiger partial charge in [0.2, 0.25) is 10.0 Å². The number of nitrogens with zero attached hydrogens (tertiary/aromatic N) is 3. The van der Waals surface area contributed by atoms with Crippen molar-refractivity contribution in [3.8, 4) is 0 Å². The molecule has 0 saturated carbocycles. The van der Waals surface area contributed by atoms with Crippen LogP contribution in [0.1, 0.15) is 11.1 Å². The van der Waals surface area contributed by atoms with Gasteiger partial charge in [-0.2, -0.15) is 8.75 Å². The van der Waals surface area contributed by atoms with Crippen LogP contribution in [0.4, 0.5) is 0 Å². The molecule has 2 heterocycles. The highest BCUT2D eigenvalue weighted by Crippen LogP contribution is 2.23. The second-order valence-electron chi connectivity index (χ2n) is 5.75. The Morgan fingerprint density at radius 2 is 1.92 bits per heavy atom. The van der Waals surface area contributed by atoms with Crippen molar-refractivity contribution in [2.75, 3.05) is 0 Å². The maximum Gasteiger partial charge on any atom is 0.243 e. The lowest BCUT2D eigenvalue weighted by Gasteiger charge is -2.10. The quantitative estimate of drug-likeness (QED) is 0.597. The molecule has 8 heteroatoms. The Kier molecular flexibility index (Phi) is 3.95. The zero-order valence-corrected chi connectivity index (χ0v) is 14.9. The summed E-state index contributed by atoms with van der Waals surface area (Å²) in [6.45, 7) is 2.05. The predicted octanol–water partition coefficient (Wildman–Crippen LogP) is 3.03. The zero-order chi connectivity index (χ0) is 17.4. The first-order valence-corrected chi connectivity index (χ1v) is 9.80. The molecule has 2 aromatic heterocycles. The van der Waals surface area contributed by atoms with Crippen molar-refractivity contribution in [2.45, 2.75) is 18.4 Å². The summed E-state index contributed by atoms with van der Waals surface area (Å²) in [4.78, 5) is 4.44. The summed E-state index contributed by atoms with van der Waals surface area (Å²) in [5.41, 5.74) is 3.75. The van der Waals surface area contributed by atoms with Gasteiger partial charge in [0.25, 0.3) is 0 Å². The van der Waals surface area contributed by atoms with Crippen molar-refractivity contribution in [2.24, 2.45) is 0 Å². The number of hydrogen-bond donors (Lipinski definition) is 1. The summed E-state index contributed by atoms with van der Waals surface area (Å²) in [6, 6.07) is 12.7. The fourth-order valence-electron chi connectivity index (χ4n) is 2.70. The van der Waals surface area contributed by atoms with E-state index in [-0.39, 0.29) is 11.4 Å². The Morgan fingerprint density at radius 1 is 1.08 bits per heavy atom. The number of hydrogen-bond acceptors (Lipinski definition) is 6. The summed E-state index contributed by atoms with van der Waals surface area (Å²) >= 11 is 1.14. The van der Waals surface area contributed by atoms with Gasteiger partial charge in [-0.1, -0.05) is 12.1 Å². The van der Waals surface area contributed by atoms with Gasteiger partial charge in [0, 0.05) is 18.1 Å². The Labute approximate surface area is 148 Å². The molecule has 2 aromatic carbocycles. The SMILES string of the molecule is Cc1cc(S(=O)(=O)NCc2ccc3nsnc3c2)c2ncccc2c1. The molecule has 0 atom stereocenters. The minimum atomic E-state index is -3.69. The minimum absolute atomic E-state index is 0.179. The predicted molar refractivity (Wildman–Crippen MR) is 97.9 cm³/mol. The number of aryl methyl sites for hydroxylation is 1. The van der Waals surface area contributed by atoms with E-state index in [4.69, 9.17) is 0 Å². The molecule has 0 saturated heterocycles. The van der Waals surface area contributed by atoms with Crippen molar-refractivity contribution in [3.63, 3.8) is 0 Å². The number of pyridine rings is 1. The molecule has 4 rings (SSSR count). The second-order valence-corrected chi connectivity index (χ2v) is 8.01. The summed E-state index contributed by atoms with van der Waals surface area (Å²) in [6.07, 6.45) is 1.60. The lowest BCUT2D eigenvalue weighted by molar-refractivity contribution is 0.582. The molecule has 0 aliphatic carbocycles. The molecule has 0 aliphatic rings. The number of fused-ring (bicyclic) bond motifs is 2. The molecule has 0 unspecified atom stereocenters. The van der Waals surface area contributed by atoms with Gasteiger partial charge in [0.05, 0.1) is 17.2 Å². The first-order chi connectivity index (χ1) is 12.0. The maximum atomic E-state index is 12.8. The second kappa shape index (κ2) is 6.14. The van der Waals surface area contributed by atoms with E-state index in [1.54, 1.807) is 18.3 Å². The highest BCUT2D eigenvalue weighted by molar-refractivity contribution is 7.89. The summed E-state index contributed by atoms with van der Waals surface area (Å²) in [7, 11) is -3.69. The highest BCUT2D eigenvalue weighted by atomic mass is 32.2. The molecule has 0 fully saturated rings. The smallest absolute Gasteiger partial charge is 0.243 e. The largest absolute Gasteiger partial charge is 0.255 e. The van der Waals surface area contributed by atoms with Gasteiger partial charge in [-0.25, -0.2) is 13.1 Å². The average molecular weight is 370 g/mol. The third kappa shape index (κ3) is 3.11. The van der Waals surface area contributed by atoms with Crippen LogP contribution in [-0.2, 0) is 16.6 Å². The Morgan fingerprint density at radius 3 is 2.80 bits per heavy atom. The third-order valence-corrected chi connectivity index (χ3v) is 5.86. The fourth-order valence-corrected chi connectivity index (χ4v) is 4.50. The molecule has 4 aromatic rings. The van der Waals surface area contributed by atoms with Gasteiger partial charge in [0.1, 0.15) is 15.9 Å². The van der Waals surface area contributed by atoms with Gasteiger partial charge < -0.3 is 0 Å². The van der Waals surface area contributed by atoms with Gasteiger partial charge in [-0.3, -0.25) is 4.98 Å². The number of benzene rings is 2. The first-order valence-electron chi connectivity index (χ1n) is 7.59. The summed E-state index contributed by atoms with van der Waals surface area (Å²) in [5, 5.41) is 0.804. The van der Waals surface area contributed by atoms with E-state index in [2.05, 4.69) is 18.5 Å². The van der Waals surface area contributed by atoms with E-state index >= 15 is 0 Å². The van der Waals surface area contributed by atoms with Crippen LogP contribution in [0.3, 0.4) is 0 Å². The number of nitrogens with one attached hydrogen (secondary N) is 1. The van der Waals surface area contributed by atoms with Crippen molar-refractivity contribution in [1.82, 2.24) is 18.5 Å². The molecule has 126 valence electrons. The maximum absolute atomic E-state index is 12.8. The molecule has 1 N–H and O–H groups in total. The van der Waals surface area contributed by atoms with E-state index in [9.17, 15) is 8.42 Å². The van der Waals surface area contributed by atoms with Crippen molar-refractivity contribution in [1.29, 1.82) is 0 Å². The van der Waals surface area contributed by atoms with E-state index < -0.39 is 10.0 Å². The summed E-state index contributed by atoms with van der Waals surface area (Å²) in [5.74, 6) is 0. The molecule has 25 heavy (non-hydrogen) atoms. The molecule has 0 radical (unpaired) electrons. The third-order valence-electron chi connectivity index (χ3n) is 3.89. The van der Waals surface area contributed by atoms with Crippen LogP contribution in [0, 0.1) is 6.92 Å². The van der Waals surface area contributed by atoms with Gasteiger partial charge in [-0.15, -0.1) is 0 Å². The van der Waals surface area contributed by atoms with Gasteiger partial charge in [0.15, 0.2) is 0 Å². The lowest BCUT2D eigenvalue weighted by atomic mass is 10.1. The normalized spacial score (nSPS) is 12.0. The molecule has 6 nitrogen and oxygen atoms in total. The van der Waals surface area contributed by atoms with Crippen LogP contribution in [0.2, 0.25) is 0 Å². The molecule has 0 amide bonds. The molecule has 0 spiro atoms. The first kappa shape index (κ1) is 16.1. The molecule has 0 bridgehead atoms. The standard InChI is InChI=1S/C17H14N4O2S2/c1-11-7-13-3-2-6-18-17(13)16(8-11)25(22,23)19-10-12-4-5-14-15(9-12)21-24-20-14/h2-9,19H,10H2,1H3. The van der Waals surface area contributed by atoms with Crippen molar-refractivity contribution in [3.05, 3.63) is 59.8 Å². The van der Waals surface area contributed by atoms with Crippen LogP contribution >= 0.6 is 11.7 Å². The van der Waals surface area contributed by atoms with Crippen LogP contribution in [0.15, 0.2) is 53.6 Å². The lowest BCUT2D eigenvalue weighted by Crippen LogP contribution is -2.23. The van der Waals surface area contributed by atoms with E-state index in [1.165, 1.54) is 0 Å². The van der Waals surface area contributed by atoms with E-state index in [0.717, 1.165) is 39.3 Å². The van der Waals surface area contributed by atoms with Crippen LogP contribution < -0.4 is 4.72 Å². The van der Waals surface area contributed by atoms with Crippen LogP contribution in [0.25, 0.3) is 21.9 Å². The van der Waals surface area contributed by atoms with Crippen molar-refractivity contribution < 1.29 is 8.42 Å².